The molecular formula is C43H50N8O2. The number of benzene rings is 3. The molecule has 3 saturated heterocycles. The molecular weight excluding hydrogens is 661 g/mol. The Morgan fingerprint density at radius 2 is 1.11 bits per heavy atom. The maximum atomic E-state index is 14.2. The molecule has 10 nitrogen and oxygen atoms in total. The van der Waals surface area contributed by atoms with Crippen LogP contribution in [0.4, 0.5) is 0 Å². The second kappa shape index (κ2) is 15.1. The molecule has 0 aliphatic carbocycles. The molecule has 0 radical (unpaired) electrons. The molecule has 3 fully saturated rings. The summed E-state index contributed by atoms with van der Waals surface area (Å²) in [5.74, 6) is 2.04. The lowest BCUT2D eigenvalue weighted by Gasteiger charge is -2.33. The number of amides is 2. The first-order valence-corrected chi connectivity index (χ1v) is 19.2. The number of aromatic nitrogens is 4. The summed E-state index contributed by atoms with van der Waals surface area (Å²) >= 11 is 0. The van der Waals surface area contributed by atoms with Crippen LogP contribution < -0.4 is 0 Å². The van der Waals surface area contributed by atoms with Crippen molar-refractivity contribution in [3.63, 3.8) is 0 Å². The van der Waals surface area contributed by atoms with Gasteiger partial charge in [-0.15, -0.1) is 0 Å². The van der Waals surface area contributed by atoms with Gasteiger partial charge in [0.15, 0.2) is 0 Å². The number of carbonyl (C=O) groups is 2. The summed E-state index contributed by atoms with van der Waals surface area (Å²) in [4.78, 5) is 52.3. The van der Waals surface area contributed by atoms with Gasteiger partial charge in [-0.25, -0.2) is 9.97 Å². The predicted octanol–water partition coefficient (Wildman–Crippen LogP) is 7.25. The van der Waals surface area contributed by atoms with E-state index in [2.05, 4.69) is 80.4 Å². The van der Waals surface area contributed by atoms with Gasteiger partial charge in [0.05, 0.1) is 41.9 Å². The fourth-order valence-electron chi connectivity index (χ4n) is 8.38. The van der Waals surface area contributed by atoms with Gasteiger partial charge in [-0.2, -0.15) is 0 Å². The standard InChI is InChI=1S/C43H50N8O2/c1-29(48(2)3)42(52)50-25-9-13-37(50)40-44-27-35(46-40)32-19-15-30(16-20-32)31-17-21-33(22-18-31)36-28-45-41(47-36)38-14-10-26-51(38)43(53)39(49-23-7-8-24-49)34-11-5-4-6-12-34/h4-6,11-12,15-22,27-29,37-39H,7-10,13-14,23-26H2,1-3H3,(H,44,46)(H,45,47)/t29?,37-,38-,39+/m0/s1. The van der Waals surface area contributed by atoms with Gasteiger partial charge >= 0.3 is 0 Å². The number of nitrogens with one attached hydrogen (secondary N) is 2. The van der Waals surface area contributed by atoms with Gasteiger partial charge in [0.25, 0.3) is 0 Å². The van der Waals surface area contributed by atoms with Gasteiger partial charge in [-0.05, 0) is 100 Å². The maximum absolute atomic E-state index is 14.2. The Morgan fingerprint density at radius 1 is 0.642 bits per heavy atom. The van der Waals surface area contributed by atoms with Crippen LogP contribution in [0.25, 0.3) is 33.6 Å². The summed E-state index contributed by atoms with van der Waals surface area (Å²) in [7, 11) is 3.88. The predicted molar refractivity (Wildman–Crippen MR) is 208 cm³/mol. The molecule has 53 heavy (non-hydrogen) atoms. The molecule has 10 heteroatoms. The van der Waals surface area contributed by atoms with Gasteiger partial charge in [0.1, 0.15) is 17.7 Å². The first-order chi connectivity index (χ1) is 25.9. The summed E-state index contributed by atoms with van der Waals surface area (Å²) in [6.45, 7) is 5.39. The molecule has 1 unspecified atom stereocenters. The van der Waals surface area contributed by atoms with E-state index in [-0.39, 0.29) is 36.0 Å². The van der Waals surface area contributed by atoms with Crippen molar-refractivity contribution in [1.29, 1.82) is 0 Å². The molecule has 0 spiro atoms. The second-order valence-corrected chi connectivity index (χ2v) is 15.1. The lowest BCUT2D eigenvalue weighted by atomic mass is 10.0. The monoisotopic (exact) mass is 710 g/mol. The van der Waals surface area contributed by atoms with E-state index in [1.807, 2.05) is 61.4 Å². The van der Waals surface area contributed by atoms with Gasteiger partial charge in [-0.3, -0.25) is 19.4 Å². The van der Waals surface area contributed by atoms with E-state index in [0.717, 1.165) is 116 Å². The Labute approximate surface area is 312 Å². The highest BCUT2D eigenvalue weighted by molar-refractivity contribution is 5.84. The van der Waals surface area contributed by atoms with E-state index in [4.69, 9.17) is 9.97 Å². The number of aromatic amines is 2. The molecule has 274 valence electrons. The number of hydrogen-bond acceptors (Lipinski definition) is 6. The molecule has 0 saturated carbocycles. The van der Waals surface area contributed by atoms with E-state index in [1.165, 1.54) is 0 Å². The summed E-state index contributed by atoms with van der Waals surface area (Å²) in [6, 6.07) is 26.8. The Hall–Kier alpha value is -5.06. The highest BCUT2D eigenvalue weighted by Crippen LogP contribution is 2.37. The van der Waals surface area contributed by atoms with Crippen LogP contribution in [0.5, 0.6) is 0 Å². The fraction of sp³-hybridized carbons (Fsp3) is 0.395. The van der Waals surface area contributed by atoms with Crippen molar-refractivity contribution in [2.45, 2.75) is 69.6 Å². The Balaban J connectivity index is 0.936. The first-order valence-electron chi connectivity index (χ1n) is 19.2. The van der Waals surface area contributed by atoms with Crippen LogP contribution in [0.3, 0.4) is 0 Å². The molecule has 3 aliphatic rings. The SMILES string of the molecule is CC(C(=O)N1CCC[C@H]1c1ncc(-c2ccc(-c3ccc(-c4cnc([C@@H]5CCCN5C(=O)[C@@H](c5ccccc5)N5CCCC5)[nH]4)cc3)cc2)[nH]1)N(C)C. The Kier molecular flexibility index (Phi) is 9.98. The molecule has 2 amide bonds. The van der Waals surface area contributed by atoms with E-state index >= 15 is 0 Å². The summed E-state index contributed by atoms with van der Waals surface area (Å²) in [6.07, 6.45) is 9.83. The van der Waals surface area contributed by atoms with Crippen molar-refractivity contribution in [3.05, 3.63) is 108 Å². The van der Waals surface area contributed by atoms with Crippen LogP contribution >= 0.6 is 0 Å². The molecule has 5 aromatic rings. The summed E-state index contributed by atoms with van der Waals surface area (Å²) < 4.78 is 0. The Morgan fingerprint density at radius 3 is 1.60 bits per heavy atom. The van der Waals surface area contributed by atoms with E-state index in [9.17, 15) is 9.59 Å². The van der Waals surface area contributed by atoms with Crippen molar-refractivity contribution >= 4 is 11.8 Å². The van der Waals surface area contributed by atoms with Crippen LogP contribution in [-0.2, 0) is 9.59 Å². The quantitative estimate of drug-likeness (QED) is 0.158. The zero-order chi connectivity index (χ0) is 36.5. The number of imidazole rings is 2. The molecule has 0 bridgehead atoms. The van der Waals surface area contributed by atoms with Gasteiger partial charge in [0.2, 0.25) is 11.8 Å². The minimum atomic E-state index is -0.246. The number of carbonyl (C=O) groups excluding carboxylic acids is 2. The van der Waals surface area contributed by atoms with Crippen molar-refractivity contribution < 1.29 is 9.59 Å². The van der Waals surface area contributed by atoms with Crippen molar-refractivity contribution in [2.24, 2.45) is 0 Å². The number of nitrogens with zero attached hydrogens (tertiary/aromatic N) is 6. The number of hydrogen-bond donors (Lipinski definition) is 2. The highest BCUT2D eigenvalue weighted by Gasteiger charge is 2.39. The van der Waals surface area contributed by atoms with Crippen molar-refractivity contribution in [1.82, 2.24) is 39.5 Å². The number of likely N-dealkylation sites (tertiary alicyclic amines) is 3. The minimum absolute atomic E-state index is 0.0197. The third kappa shape index (κ3) is 7.05. The first kappa shape index (κ1) is 35.0. The second-order valence-electron chi connectivity index (χ2n) is 15.1. The average molecular weight is 711 g/mol. The zero-order valence-corrected chi connectivity index (χ0v) is 31.0. The molecule has 2 N–H and O–H groups in total. The minimum Gasteiger partial charge on any atom is -0.340 e. The zero-order valence-electron chi connectivity index (χ0n) is 31.0. The number of likely N-dealkylation sites (N-methyl/N-ethyl adjacent to an activating group) is 1. The Bertz CT molecular complexity index is 2010. The van der Waals surface area contributed by atoms with Crippen LogP contribution in [0.2, 0.25) is 0 Å². The smallest absolute Gasteiger partial charge is 0.245 e. The van der Waals surface area contributed by atoms with Gasteiger partial charge in [-0.1, -0.05) is 78.9 Å². The van der Waals surface area contributed by atoms with Crippen LogP contribution in [-0.4, -0.2) is 97.7 Å². The highest BCUT2D eigenvalue weighted by atomic mass is 16.2. The fourth-order valence-corrected chi connectivity index (χ4v) is 8.38. The molecule has 5 heterocycles. The van der Waals surface area contributed by atoms with Crippen molar-refractivity contribution in [2.75, 3.05) is 40.3 Å². The summed E-state index contributed by atoms with van der Waals surface area (Å²) in [5, 5.41) is 0. The van der Waals surface area contributed by atoms with Crippen LogP contribution in [0.1, 0.15) is 80.8 Å². The maximum Gasteiger partial charge on any atom is 0.245 e. The molecule has 3 aromatic carbocycles. The lowest BCUT2D eigenvalue weighted by molar-refractivity contribution is -0.138. The van der Waals surface area contributed by atoms with Crippen molar-refractivity contribution in [3.8, 4) is 33.6 Å². The average Bonchev–Trinajstić information content (AvgIpc) is 4.04. The largest absolute Gasteiger partial charge is 0.340 e. The van der Waals surface area contributed by atoms with Crippen LogP contribution in [0.15, 0.2) is 91.3 Å². The summed E-state index contributed by atoms with van der Waals surface area (Å²) in [5.41, 5.74) is 7.35. The molecule has 3 aliphatic heterocycles. The van der Waals surface area contributed by atoms with E-state index in [0.29, 0.717) is 0 Å². The number of H-pyrrole nitrogens is 2. The van der Waals surface area contributed by atoms with Crippen LogP contribution in [0, 0.1) is 0 Å². The van der Waals surface area contributed by atoms with E-state index in [1.54, 1.807) is 0 Å². The number of rotatable bonds is 10. The molecule has 2 aromatic heterocycles. The van der Waals surface area contributed by atoms with E-state index < -0.39 is 0 Å². The topological polar surface area (TPSA) is 104 Å². The molecule has 8 rings (SSSR count). The van der Waals surface area contributed by atoms with Gasteiger partial charge in [0, 0.05) is 13.1 Å². The third-order valence-corrected chi connectivity index (χ3v) is 11.6. The van der Waals surface area contributed by atoms with Gasteiger partial charge < -0.3 is 19.8 Å². The lowest BCUT2D eigenvalue weighted by Crippen LogP contribution is -2.44. The normalized spacial score (nSPS) is 20.4. The third-order valence-electron chi connectivity index (χ3n) is 11.6. The molecule has 4 atom stereocenters.